The molecule has 1 aromatic carbocycles. The summed E-state index contributed by atoms with van der Waals surface area (Å²) in [6.45, 7) is 3.82. The van der Waals surface area contributed by atoms with Crippen LogP contribution in [0.25, 0.3) is 11.0 Å². The lowest BCUT2D eigenvalue weighted by Crippen LogP contribution is -2.24. The first-order valence-electron chi connectivity index (χ1n) is 6.20. The first-order chi connectivity index (χ1) is 10.5. The van der Waals surface area contributed by atoms with Crippen molar-refractivity contribution in [3.05, 3.63) is 34.3 Å². The van der Waals surface area contributed by atoms with Crippen molar-refractivity contribution in [2.24, 2.45) is 0 Å². The highest BCUT2D eigenvalue weighted by atomic mass is 35.5. The molecule has 0 atom stereocenters. The molecule has 0 aliphatic heterocycles. The number of halogens is 2. The van der Waals surface area contributed by atoms with Gasteiger partial charge in [-0.1, -0.05) is 29.3 Å². The third-order valence-corrected chi connectivity index (χ3v) is 3.60. The SMILES string of the molecule is C=CCNC(=O)c1c(Cl)c(Cl)cc2nc(OC)c(OC)nc12. The fourth-order valence-corrected chi connectivity index (χ4v) is 2.26. The third kappa shape index (κ3) is 2.93. The smallest absolute Gasteiger partial charge is 0.278 e. The van der Waals surface area contributed by atoms with E-state index in [1.165, 1.54) is 20.3 Å². The molecule has 0 radical (unpaired) electrons. The van der Waals surface area contributed by atoms with Crippen molar-refractivity contribution in [3.8, 4) is 11.8 Å². The molecule has 22 heavy (non-hydrogen) atoms. The number of aromatic nitrogens is 2. The summed E-state index contributed by atoms with van der Waals surface area (Å²) in [5.41, 5.74) is 0.767. The first kappa shape index (κ1) is 16.3. The molecule has 2 rings (SSSR count). The molecule has 0 spiro atoms. The van der Waals surface area contributed by atoms with E-state index in [9.17, 15) is 4.79 Å². The minimum atomic E-state index is -0.432. The van der Waals surface area contributed by atoms with Gasteiger partial charge in [-0.25, -0.2) is 9.97 Å². The second-order valence-electron chi connectivity index (χ2n) is 4.16. The summed E-state index contributed by atoms with van der Waals surface area (Å²) < 4.78 is 10.2. The molecule has 1 heterocycles. The molecule has 0 fully saturated rings. The number of ether oxygens (including phenoxy) is 2. The lowest BCUT2D eigenvalue weighted by atomic mass is 10.1. The Balaban J connectivity index is 2.74. The Bertz CT molecular complexity index is 750. The summed E-state index contributed by atoms with van der Waals surface area (Å²) in [5, 5.41) is 2.92. The molecule has 6 nitrogen and oxygen atoms in total. The Morgan fingerprint density at radius 2 is 1.95 bits per heavy atom. The number of methoxy groups -OCH3 is 2. The van der Waals surface area contributed by atoms with E-state index in [0.717, 1.165) is 0 Å². The zero-order chi connectivity index (χ0) is 16.3. The number of carbonyl (C=O) groups excluding carboxylic acids is 1. The maximum Gasteiger partial charge on any atom is 0.278 e. The molecule has 0 aliphatic rings. The molecular weight excluding hydrogens is 329 g/mol. The Labute approximate surface area is 137 Å². The normalized spacial score (nSPS) is 10.4. The second-order valence-corrected chi connectivity index (χ2v) is 4.94. The number of rotatable bonds is 5. The zero-order valence-electron chi connectivity index (χ0n) is 11.9. The number of nitrogens with one attached hydrogen (secondary N) is 1. The van der Waals surface area contributed by atoms with Gasteiger partial charge in [0.05, 0.1) is 35.3 Å². The standard InChI is InChI=1S/C14H13Cl2N3O3/c1-4-5-17-12(20)9-10(16)7(15)6-8-11(9)19-14(22-3)13(18-8)21-2/h4,6H,1,5H2,2-3H3,(H,17,20). The second kappa shape index (κ2) is 6.81. The average Bonchev–Trinajstić information content (AvgIpc) is 2.52. The number of hydrogen-bond donors (Lipinski definition) is 1. The molecule has 116 valence electrons. The summed E-state index contributed by atoms with van der Waals surface area (Å²) in [4.78, 5) is 20.8. The Hall–Kier alpha value is -2.05. The largest absolute Gasteiger partial charge is 0.477 e. The number of hydrogen-bond acceptors (Lipinski definition) is 5. The van der Waals surface area contributed by atoms with Crippen LogP contribution in [0.4, 0.5) is 0 Å². The molecule has 1 N–H and O–H groups in total. The molecule has 0 bridgehead atoms. The highest BCUT2D eigenvalue weighted by Gasteiger charge is 2.21. The minimum absolute atomic E-state index is 0.0947. The van der Waals surface area contributed by atoms with Crippen LogP contribution in [0.2, 0.25) is 10.0 Å². The first-order valence-corrected chi connectivity index (χ1v) is 6.95. The predicted molar refractivity (Wildman–Crippen MR) is 85.2 cm³/mol. The van der Waals surface area contributed by atoms with Crippen LogP contribution >= 0.6 is 23.2 Å². The van der Waals surface area contributed by atoms with Crippen molar-refractivity contribution in [2.45, 2.75) is 0 Å². The van der Waals surface area contributed by atoms with E-state index >= 15 is 0 Å². The Kier molecular flexibility index (Phi) is 5.05. The van der Waals surface area contributed by atoms with E-state index in [2.05, 4.69) is 21.9 Å². The van der Waals surface area contributed by atoms with Gasteiger partial charge in [0.2, 0.25) is 0 Å². The van der Waals surface area contributed by atoms with Crippen molar-refractivity contribution in [3.63, 3.8) is 0 Å². The summed E-state index contributed by atoms with van der Waals surface area (Å²) in [5.74, 6) is -0.101. The lowest BCUT2D eigenvalue weighted by Gasteiger charge is -2.12. The van der Waals surface area contributed by atoms with Crippen molar-refractivity contribution in [1.29, 1.82) is 0 Å². The molecule has 0 saturated carbocycles. The van der Waals surface area contributed by atoms with Gasteiger partial charge in [-0.2, -0.15) is 0 Å². The maximum absolute atomic E-state index is 12.3. The summed E-state index contributed by atoms with van der Waals surface area (Å²) in [6.07, 6.45) is 1.55. The van der Waals surface area contributed by atoms with Gasteiger partial charge in [-0.05, 0) is 6.07 Å². The van der Waals surface area contributed by atoms with Gasteiger partial charge in [-0.3, -0.25) is 4.79 Å². The van der Waals surface area contributed by atoms with E-state index in [1.54, 1.807) is 6.08 Å². The van der Waals surface area contributed by atoms with Gasteiger partial charge in [0.25, 0.3) is 17.7 Å². The highest BCUT2D eigenvalue weighted by molar-refractivity contribution is 6.45. The van der Waals surface area contributed by atoms with E-state index in [-0.39, 0.29) is 39.4 Å². The van der Waals surface area contributed by atoms with Crippen molar-refractivity contribution in [1.82, 2.24) is 15.3 Å². The number of fused-ring (bicyclic) bond motifs is 1. The lowest BCUT2D eigenvalue weighted by molar-refractivity contribution is 0.0959. The zero-order valence-corrected chi connectivity index (χ0v) is 13.5. The van der Waals surface area contributed by atoms with Crippen molar-refractivity contribution >= 4 is 40.1 Å². The van der Waals surface area contributed by atoms with Crippen LogP contribution in [0, 0.1) is 0 Å². The molecule has 8 heteroatoms. The van der Waals surface area contributed by atoms with Crippen LogP contribution in [-0.2, 0) is 0 Å². The van der Waals surface area contributed by atoms with Crippen LogP contribution in [0.1, 0.15) is 10.4 Å². The summed E-state index contributed by atoms with van der Waals surface area (Å²) in [7, 11) is 2.86. The van der Waals surface area contributed by atoms with Gasteiger partial charge < -0.3 is 14.8 Å². The molecule has 1 amide bonds. The van der Waals surface area contributed by atoms with E-state index in [1.807, 2.05) is 0 Å². The number of carbonyl (C=O) groups is 1. The Morgan fingerprint density at radius 1 is 1.32 bits per heavy atom. The van der Waals surface area contributed by atoms with Crippen molar-refractivity contribution in [2.75, 3.05) is 20.8 Å². The minimum Gasteiger partial charge on any atom is -0.477 e. The highest BCUT2D eigenvalue weighted by Crippen LogP contribution is 2.34. The third-order valence-electron chi connectivity index (χ3n) is 2.81. The Morgan fingerprint density at radius 3 is 2.55 bits per heavy atom. The van der Waals surface area contributed by atoms with Crippen LogP contribution in [0.15, 0.2) is 18.7 Å². The molecule has 2 aromatic rings. The number of nitrogens with zero attached hydrogens (tertiary/aromatic N) is 2. The predicted octanol–water partition coefficient (Wildman–Crippen LogP) is 2.87. The fourth-order valence-electron chi connectivity index (χ4n) is 1.83. The molecule has 0 aliphatic carbocycles. The van der Waals surface area contributed by atoms with E-state index in [0.29, 0.717) is 5.52 Å². The van der Waals surface area contributed by atoms with Crippen LogP contribution < -0.4 is 14.8 Å². The van der Waals surface area contributed by atoms with E-state index < -0.39 is 5.91 Å². The maximum atomic E-state index is 12.3. The van der Waals surface area contributed by atoms with Gasteiger partial charge in [0, 0.05) is 6.54 Å². The number of amides is 1. The van der Waals surface area contributed by atoms with E-state index in [4.69, 9.17) is 32.7 Å². The summed E-state index contributed by atoms with van der Waals surface area (Å²) >= 11 is 12.2. The molecular formula is C14H13Cl2N3O3. The summed E-state index contributed by atoms with van der Waals surface area (Å²) in [6, 6.07) is 1.51. The van der Waals surface area contributed by atoms with Crippen LogP contribution in [0.3, 0.4) is 0 Å². The molecule has 1 aromatic heterocycles. The molecule has 0 unspecified atom stereocenters. The topological polar surface area (TPSA) is 73.3 Å². The van der Waals surface area contributed by atoms with Crippen LogP contribution in [-0.4, -0.2) is 36.6 Å². The fraction of sp³-hybridized carbons (Fsp3) is 0.214. The average molecular weight is 342 g/mol. The van der Waals surface area contributed by atoms with Crippen molar-refractivity contribution < 1.29 is 14.3 Å². The number of benzene rings is 1. The van der Waals surface area contributed by atoms with Gasteiger partial charge in [0.15, 0.2) is 0 Å². The van der Waals surface area contributed by atoms with Gasteiger partial charge in [0.1, 0.15) is 5.52 Å². The quantitative estimate of drug-likeness (QED) is 0.846. The van der Waals surface area contributed by atoms with Gasteiger partial charge in [-0.15, -0.1) is 6.58 Å². The monoisotopic (exact) mass is 341 g/mol. The van der Waals surface area contributed by atoms with Gasteiger partial charge >= 0.3 is 0 Å². The van der Waals surface area contributed by atoms with Crippen LogP contribution in [0.5, 0.6) is 11.8 Å². The molecule has 0 saturated heterocycles.